The zero-order chi connectivity index (χ0) is 12.4. The van der Waals surface area contributed by atoms with Gasteiger partial charge in [-0.15, -0.1) is 0 Å². The van der Waals surface area contributed by atoms with Gasteiger partial charge in [0.05, 0.1) is 6.10 Å². The summed E-state index contributed by atoms with van der Waals surface area (Å²) in [6, 6.07) is 5.79. The third-order valence-electron chi connectivity index (χ3n) is 4.07. The second-order valence-corrected chi connectivity index (χ2v) is 5.90. The van der Waals surface area contributed by atoms with Crippen LogP contribution in [-0.2, 0) is 0 Å². The molecule has 0 bridgehead atoms. The van der Waals surface area contributed by atoms with E-state index in [0.29, 0.717) is 10.9 Å². The van der Waals surface area contributed by atoms with Crippen molar-refractivity contribution in [1.29, 1.82) is 0 Å². The average Bonchev–Trinajstić information content (AvgIpc) is 2.32. The molecule has 1 aromatic rings. The van der Waals surface area contributed by atoms with E-state index in [0.717, 1.165) is 29.9 Å². The van der Waals surface area contributed by atoms with Crippen molar-refractivity contribution in [1.82, 2.24) is 0 Å². The lowest BCUT2D eigenvalue weighted by Crippen LogP contribution is -2.19. The molecule has 1 nitrogen and oxygen atoms in total. The van der Waals surface area contributed by atoms with Gasteiger partial charge in [-0.05, 0) is 54.9 Å². The first-order chi connectivity index (χ1) is 8.08. The van der Waals surface area contributed by atoms with E-state index in [-0.39, 0.29) is 6.10 Å². The highest BCUT2D eigenvalue weighted by Gasteiger charge is 2.26. The first kappa shape index (κ1) is 12.9. The molecule has 1 atom stereocenters. The quantitative estimate of drug-likeness (QED) is 0.821. The lowest BCUT2D eigenvalue weighted by Gasteiger charge is -2.30. The zero-order valence-corrected chi connectivity index (χ0v) is 11.4. The van der Waals surface area contributed by atoms with E-state index >= 15 is 0 Å². The van der Waals surface area contributed by atoms with Gasteiger partial charge in [0.2, 0.25) is 0 Å². The molecule has 94 valence electrons. The van der Waals surface area contributed by atoms with Crippen LogP contribution < -0.4 is 0 Å². The van der Waals surface area contributed by atoms with Crippen molar-refractivity contribution in [2.75, 3.05) is 0 Å². The second kappa shape index (κ2) is 5.41. The fourth-order valence-electron chi connectivity index (χ4n) is 2.79. The standard InChI is InChI=1S/C15H21ClO/c1-10-3-6-12(7-4-10)15(17)14-9-13(16)8-5-11(14)2/h5,8-10,12,15,17H,3-4,6-7H2,1-2H3. The van der Waals surface area contributed by atoms with Crippen molar-refractivity contribution in [2.45, 2.75) is 45.6 Å². The highest BCUT2D eigenvalue weighted by molar-refractivity contribution is 6.30. The minimum atomic E-state index is -0.346. The third kappa shape index (κ3) is 3.02. The number of aliphatic hydroxyl groups is 1. The normalized spacial score (nSPS) is 26.8. The van der Waals surface area contributed by atoms with Gasteiger partial charge in [-0.1, -0.05) is 37.4 Å². The number of aliphatic hydroxyl groups excluding tert-OH is 1. The predicted molar refractivity (Wildman–Crippen MR) is 72.3 cm³/mol. The molecule has 0 heterocycles. The Morgan fingerprint density at radius 1 is 1.24 bits per heavy atom. The molecule has 1 fully saturated rings. The van der Waals surface area contributed by atoms with E-state index in [9.17, 15) is 5.11 Å². The van der Waals surface area contributed by atoms with Gasteiger partial charge in [0.1, 0.15) is 0 Å². The van der Waals surface area contributed by atoms with E-state index in [1.54, 1.807) is 0 Å². The molecule has 1 saturated carbocycles. The van der Waals surface area contributed by atoms with Crippen LogP contribution in [0.3, 0.4) is 0 Å². The summed E-state index contributed by atoms with van der Waals surface area (Å²) in [6.07, 6.45) is 4.40. The maximum absolute atomic E-state index is 10.5. The van der Waals surface area contributed by atoms with E-state index in [1.807, 2.05) is 25.1 Å². The summed E-state index contributed by atoms with van der Waals surface area (Å²) in [6.45, 7) is 4.34. The van der Waals surface area contributed by atoms with Crippen molar-refractivity contribution in [3.63, 3.8) is 0 Å². The van der Waals surface area contributed by atoms with E-state index in [1.165, 1.54) is 12.8 Å². The topological polar surface area (TPSA) is 20.2 Å². The number of hydrogen-bond acceptors (Lipinski definition) is 1. The molecule has 1 N–H and O–H groups in total. The monoisotopic (exact) mass is 252 g/mol. The minimum absolute atomic E-state index is 0.346. The molecule has 17 heavy (non-hydrogen) atoms. The van der Waals surface area contributed by atoms with Gasteiger partial charge in [0.25, 0.3) is 0 Å². The molecule has 0 radical (unpaired) electrons. The van der Waals surface area contributed by atoms with E-state index in [2.05, 4.69) is 6.92 Å². The summed E-state index contributed by atoms with van der Waals surface area (Å²) in [5.41, 5.74) is 2.15. The molecule has 1 aromatic carbocycles. The van der Waals surface area contributed by atoms with E-state index in [4.69, 9.17) is 11.6 Å². The Kier molecular flexibility index (Phi) is 4.11. The van der Waals surface area contributed by atoms with Crippen LogP contribution in [0.25, 0.3) is 0 Å². The molecule has 0 aliphatic heterocycles. The summed E-state index contributed by atoms with van der Waals surface area (Å²) in [5, 5.41) is 11.2. The summed E-state index contributed by atoms with van der Waals surface area (Å²) < 4.78 is 0. The van der Waals surface area contributed by atoms with Crippen molar-refractivity contribution in [2.24, 2.45) is 11.8 Å². The molecular formula is C15H21ClO. The number of rotatable bonds is 2. The fourth-order valence-corrected chi connectivity index (χ4v) is 2.97. The molecular weight excluding hydrogens is 232 g/mol. The van der Waals surface area contributed by atoms with Crippen LogP contribution in [0.5, 0.6) is 0 Å². The molecule has 1 unspecified atom stereocenters. The Morgan fingerprint density at radius 3 is 2.53 bits per heavy atom. The second-order valence-electron chi connectivity index (χ2n) is 5.47. The number of hydrogen-bond donors (Lipinski definition) is 1. The lowest BCUT2D eigenvalue weighted by molar-refractivity contribution is 0.0751. The van der Waals surface area contributed by atoms with Crippen LogP contribution >= 0.6 is 11.6 Å². The molecule has 1 aliphatic rings. The van der Waals surface area contributed by atoms with Crippen molar-refractivity contribution in [3.05, 3.63) is 34.3 Å². The highest BCUT2D eigenvalue weighted by Crippen LogP contribution is 2.38. The van der Waals surface area contributed by atoms with E-state index < -0.39 is 0 Å². The molecule has 0 amide bonds. The van der Waals surface area contributed by atoms with Crippen LogP contribution in [0.15, 0.2) is 18.2 Å². The molecule has 2 rings (SSSR count). The van der Waals surface area contributed by atoms with Gasteiger partial charge >= 0.3 is 0 Å². The smallest absolute Gasteiger partial charge is 0.0821 e. The van der Waals surface area contributed by atoms with Gasteiger partial charge in [-0.2, -0.15) is 0 Å². The van der Waals surface area contributed by atoms with Gasteiger partial charge in [-0.25, -0.2) is 0 Å². The van der Waals surface area contributed by atoms with Crippen LogP contribution in [0, 0.1) is 18.8 Å². The van der Waals surface area contributed by atoms with Gasteiger partial charge in [-0.3, -0.25) is 0 Å². The SMILES string of the molecule is Cc1ccc(Cl)cc1C(O)C1CCC(C)CC1. The Balaban J connectivity index is 2.13. The van der Waals surface area contributed by atoms with Crippen LogP contribution in [0.4, 0.5) is 0 Å². The van der Waals surface area contributed by atoms with Crippen molar-refractivity contribution < 1.29 is 5.11 Å². The minimum Gasteiger partial charge on any atom is -0.388 e. The summed E-state index contributed by atoms with van der Waals surface area (Å²) in [4.78, 5) is 0. The van der Waals surface area contributed by atoms with Crippen molar-refractivity contribution >= 4 is 11.6 Å². The number of aryl methyl sites for hydroxylation is 1. The first-order valence-corrected chi connectivity index (χ1v) is 6.90. The molecule has 0 spiro atoms. The third-order valence-corrected chi connectivity index (χ3v) is 4.30. The Hall–Kier alpha value is -0.530. The average molecular weight is 253 g/mol. The van der Waals surface area contributed by atoms with Crippen LogP contribution in [0.1, 0.15) is 49.8 Å². The van der Waals surface area contributed by atoms with Gasteiger partial charge in [0, 0.05) is 5.02 Å². The molecule has 1 aliphatic carbocycles. The summed E-state index contributed by atoms with van der Waals surface area (Å²) >= 11 is 6.01. The van der Waals surface area contributed by atoms with Crippen molar-refractivity contribution in [3.8, 4) is 0 Å². The zero-order valence-electron chi connectivity index (χ0n) is 10.6. The highest BCUT2D eigenvalue weighted by atomic mass is 35.5. The Bertz CT molecular complexity index is 381. The summed E-state index contributed by atoms with van der Waals surface area (Å²) in [7, 11) is 0. The van der Waals surface area contributed by atoms with Crippen LogP contribution in [0.2, 0.25) is 5.02 Å². The maximum Gasteiger partial charge on any atom is 0.0821 e. The Labute approximate surface area is 109 Å². The van der Waals surface area contributed by atoms with Gasteiger partial charge in [0.15, 0.2) is 0 Å². The number of halogens is 1. The maximum atomic E-state index is 10.5. The Morgan fingerprint density at radius 2 is 1.88 bits per heavy atom. The molecule has 2 heteroatoms. The fraction of sp³-hybridized carbons (Fsp3) is 0.600. The van der Waals surface area contributed by atoms with Crippen LogP contribution in [-0.4, -0.2) is 5.11 Å². The first-order valence-electron chi connectivity index (χ1n) is 6.52. The molecule has 0 saturated heterocycles. The predicted octanol–water partition coefficient (Wildman–Crippen LogP) is 4.51. The summed E-state index contributed by atoms with van der Waals surface area (Å²) in [5.74, 6) is 1.22. The largest absolute Gasteiger partial charge is 0.388 e. The van der Waals surface area contributed by atoms with Gasteiger partial charge < -0.3 is 5.11 Å². The molecule has 0 aromatic heterocycles. The number of benzene rings is 1. The lowest BCUT2D eigenvalue weighted by atomic mass is 9.78.